The molecule has 0 saturated heterocycles. The summed E-state index contributed by atoms with van der Waals surface area (Å²) < 4.78 is 25.9. The van der Waals surface area contributed by atoms with Gasteiger partial charge in [0.15, 0.2) is 0 Å². The highest BCUT2D eigenvalue weighted by Gasteiger charge is 2.35. The zero-order chi connectivity index (χ0) is 26.0. The number of nitrogens with one attached hydrogen (secondary N) is 2. The number of unbranched alkanes of at least 4 members (excludes halogenated alkanes) is 1. The van der Waals surface area contributed by atoms with Gasteiger partial charge in [0.05, 0.1) is 5.75 Å². The zero-order valence-electron chi connectivity index (χ0n) is 20.5. The van der Waals surface area contributed by atoms with Crippen molar-refractivity contribution in [2.24, 2.45) is 4.99 Å². The average Bonchev–Trinajstić information content (AvgIpc) is 3.14. The number of carboxylic acids is 1. The molecule has 1 aliphatic rings. The number of hydrogen-bond donors (Lipinski definition) is 3. The Bertz CT molecular complexity index is 1170. The fraction of sp³-hybridized carbons (Fsp3) is 0.423. The normalized spacial score (nSPS) is 15.0. The Morgan fingerprint density at radius 2 is 1.92 bits per heavy atom. The molecule has 1 heterocycles. The van der Waals surface area contributed by atoms with E-state index in [1.807, 2.05) is 43.3 Å². The highest BCUT2D eigenvalue weighted by atomic mass is 32.2. The predicted molar refractivity (Wildman–Crippen MR) is 141 cm³/mol. The van der Waals surface area contributed by atoms with Gasteiger partial charge >= 0.3 is 5.97 Å². The number of amides is 1. The summed E-state index contributed by atoms with van der Waals surface area (Å²) in [4.78, 5) is 27.7. The van der Waals surface area contributed by atoms with Crippen molar-refractivity contribution in [2.75, 3.05) is 17.6 Å². The number of nitrogens with zero attached hydrogens (tertiary/aromatic N) is 2. The van der Waals surface area contributed by atoms with Gasteiger partial charge in [0.1, 0.15) is 11.9 Å². The molecule has 0 saturated carbocycles. The van der Waals surface area contributed by atoms with Crippen molar-refractivity contribution in [1.82, 2.24) is 9.84 Å². The average molecular weight is 515 g/mol. The Kier molecular flexibility index (Phi) is 10.0. The second kappa shape index (κ2) is 13.2. The van der Waals surface area contributed by atoms with Gasteiger partial charge in [0.25, 0.3) is 0 Å². The Balaban J connectivity index is 1.76. The van der Waals surface area contributed by atoms with E-state index in [1.54, 1.807) is 12.1 Å². The largest absolute Gasteiger partial charge is 0.480 e. The van der Waals surface area contributed by atoms with Gasteiger partial charge in [0, 0.05) is 25.1 Å². The quantitative estimate of drug-likeness (QED) is 0.292. The van der Waals surface area contributed by atoms with E-state index < -0.39 is 22.0 Å². The molecular formula is C26H34N4O5S. The summed E-state index contributed by atoms with van der Waals surface area (Å²) in [6.45, 7) is 2.68. The number of hydrogen-bond acceptors (Lipinski definition) is 6. The van der Waals surface area contributed by atoms with Crippen LogP contribution in [-0.2, 0) is 26.0 Å². The molecule has 0 spiro atoms. The van der Waals surface area contributed by atoms with Crippen LogP contribution < -0.4 is 10.7 Å². The molecule has 9 nitrogen and oxygen atoms in total. The molecule has 194 valence electrons. The molecule has 1 amide bonds. The van der Waals surface area contributed by atoms with E-state index in [0.717, 1.165) is 48.5 Å². The van der Waals surface area contributed by atoms with Crippen molar-refractivity contribution in [2.45, 2.75) is 57.9 Å². The Morgan fingerprint density at radius 1 is 1.14 bits per heavy atom. The standard InChI is InChI=1S/C26H34N4O5S/c1-2-3-16-36(34,35)30(28-19-31)24(26(32)33)17-20-11-13-21(14-12-20)22-8-7-9-23(18-22)29-25-10-5-4-6-15-27-25/h7-9,11-14,18-19,24H,2-6,10,15-17H2,1H3,(H,27,29)(H,28,31)(H,32,33)/t24-/m0/s1. The first kappa shape index (κ1) is 27.3. The number of carbonyl (C=O) groups is 2. The van der Waals surface area contributed by atoms with Gasteiger partial charge in [-0.3, -0.25) is 20.0 Å². The van der Waals surface area contributed by atoms with Crippen LogP contribution in [0.2, 0.25) is 0 Å². The first-order chi connectivity index (χ1) is 17.3. The first-order valence-corrected chi connectivity index (χ1v) is 13.9. The number of aliphatic imine (C=N–C) groups is 1. The summed E-state index contributed by atoms with van der Waals surface area (Å²) in [6.07, 6.45) is 5.45. The fourth-order valence-corrected chi connectivity index (χ4v) is 5.69. The van der Waals surface area contributed by atoms with Crippen molar-refractivity contribution in [3.63, 3.8) is 0 Å². The van der Waals surface area contributed by atoms with Gasteiger partial charge in [0.2, 0.25) is 16.4 Å². The SMILES string of the molecule is CCCCS(=O)(=O)N(NC=O)[C@@H](Cc1ccc(-c2cccc(NC3=NCCCCC3)c2)cc1)C(=O)O. The van der Waals surface area contributed by atoms with Crippen LogP contribution in [0.15, 0.2) is 53.5 Å². The molecule has 3 N–H and O–H groups in total. The Labute approximate surface area is 212 Å². The molecular weight excluding hydrogens is 480 g/mol. The highest BCUT2D eigenvalue weighted by Crippen LogP contribution is 2.24. The minimum atomic E-state index is -3.99. The van der Waals surface area contributed by atoms with Gasteiger partial charge in [-0.2, -0.15) is 0 Å². The van der Waals surface area contributed by atoms with Gasteiger partial charge in [-0.25, -0.2) is 8.42 Å². The number of anilines is 1. The topological polar surface area (TPSA) is 128 Å². The van der Waals surface area contributed by atoms with Crippen molar-refractivity contribution < 1.29 is 23.1 Å². The van der Waals surface area contributed by atoms with Gasteiger partial charge < -0.3 is 10.4 Å². The highest BCUT2D eigenvalue weighted by molar-refractivity contribution is 7.89. The third-order valence-electron chi connectivity index (χ3n) is 6.05. The molecule has 10 heteroatoms. The van der Waals surface area contributed by atoms with Crippen LogP contribution in [0.25, 0.3) is 11.1 Å². The second-order valence-corrected chi connectivity index (χ2v) is 10.8. The summed E-state index contributed by atoms with van der Waals surface area (Å²) in [5, 5.41) is 13.2. The summed E-state index contributed by atoms with van der Waals surface area (Å²) in [5.41, 5.74) is 5.60. The molecule has 1 aliphatic heterocycles. The maximum atomic E-state index is 12.7. The van der Waals surface area contributed by atoms with E-state index in [1.165, 1.54) is 6.42 Å². The number of amidine groups is 1. The molecule has 0 bridgehead atoms. The first-order valence-electron chi connectivity index (χ1n) is 12.3. The molecule has 3 rings (SSSR count). The third kappa shape index (κ3) is 7.63. The van der Waals surface area contributed by atoms with E-state index in [2.05, 4.69) is 15.7 Å². The molecule has 1 atom stereocenters. The smallest absolute Gasteiger partial charge is 0.324 e. The fourth-order valence-electron chi connectivity index (χ4n) is 4.09. The lowest BCUT2D eigenvalue weighted by Gasteiger charge is -2.27. The summed E-state index contributed by atoms with van der Waals surface area (Å²) in [6, 6.07) is 13.8. The summed E-state index contributed by atoms with van der Waals surface area (Å²) in [5.74, 6) is -0.583. The van der Waals surface area contributed by atoms with E-state index in [4.69, 9.17) is 0 Å². The minimum Gasteiger partial charge on any atom is -0.480 e. The van der Waals surface area contributed by atoms with Crippen LogP contribution >= 0.6 is 0 Å². The Morgan fingerprint density at radius 3 is 2.61 bits per heavy atom. The number of aliphatic carboxylic acids is 1. The van der Waals surface area contributed by atoms with Gasteiger partial charge in [-0.15, -0.1) is 0 Å². The van der Waals surface area contributed by atoms with Crippen LogP contribution in [-0.4, -0.2) is 54.5 Å². The third-order valence-corrected chi connectivity index (χ3v) is 7.81. The lowest BCUT2D eigenvalue weighted by molar-refractivity contribution is -0.142. The van der Waals surface area contributed by atoms with Crippen LogP contribution in [0.1, 0.15) is 51.0 Å². The number of carboxylic acid groups (broad SMARTS) is 1. The van der Waals surface area contributed by atoms with Crippen molar-refractivity contribution >= 4 is 33.9 Å². The van der Waals surface area contributed by atoms with Crippen LogP contribution in [0.5, 0.6) is 0 Å². The van der Waals surface area contributed by atoms with E-state index >= 15 is 0 Å². The van der Waals surface area contributed by atoms with Crippen LogP contribution in [0, 0.1) is 0 Å². The van der Waals surface area contributed by atoms with Crippen LogP contribution in [0.3, 0.4) is 0 Å². The summed E-state index contributed by atoms with van der Waals surface area (Å²) in [7, 11) is -3.99. The van der Waals surface area contributed by atoms with Crippen molar-refractivity contribution in [1.29, 1.82) is 0 Å². The van der Waals surface area contributed by atoms with E-state index in [0.29, 0.717) is 22.8 Å². The van der Waals surface area contributed by atoms with Crippen molar-refractivity contribution in [3.8, 4) is 11.1 Å². The number of rotatable bonds is 12. The minimum absolute atomic E-state index is 0.0940. The van der Waals surface area contributed by atoms with Crippen molar-refractivity contribution in [3.05, 3.63) is 54.1 Å². The maximum absolute atomic E-state index is 12.7. The molecule has 0 unspecified atom stereocenters. The van der Waals surface area contributed by atoms with E-state index in [9.17, 15) is 23.1 Å². The number of hydrazine groups is 1. The second-order valence-electron chi connectivity index (χ2n) is 8.81. The molecule has 0 radical (unpaired) electrons. The number of carbonyl (C=O) groups excluding carboxylic acids is 1. The molecule has 36 heavy (non-hydrogen) atoms. The zero-order valence-corrected chi connectivity index (χ0v) is 21.3. The number of benzene rings is 2. The lowest BCUT2D eigenvalue weighted by atomic mass is 10.0. The predicted octanol–water partition coefficient (Wildman–Crippen LogP) is 3.83. The maximum Gasteiger partial charge on any atom is 0.324 e. The molecule has 0 aromatic heterocycles. The molecule has 2 aromatic rings. The summed E-state index contributed by atoms with van der Waals surface area (Å²) >= 11 is 0. The monoisotopic (exact) mass is 514 g/mol. The molecule has 2 aromatic carbocycles. The van der Waals surface area contributed by atoms with Gasteiger partial charge in [-0.05, 0) is 48.1 Å². The lowest BCUT2D eigenvalue weighted by Crippen LogP contribution is -2.54. The van der Waals surface area contributed by atoms with E-state index in [-0.39, 0.29) is 18.6 Å². The number of sulfonamides is 1. The van der Waals surface area contributed by atoms with Crippen LogP contribution in [0.4, 0.5) is 5.69 Å². The molecule has 0 aliphatic carbocycles. The Hall–Kier alpha value is -3.24. The van der Waals surface area contributed by atoms with Gasteiger partial charge in [-0.1, -0.05) is 60.6 Å². The molecule has 0 fully saturated rings.